The summed E-state index contributed by atoms with van der Waals surface area (Å²) in [6.07, 6.45) is -4.08. The molecule has 1 aliphatic rings. The molecule has 2 aromatic carbocycles. The second-order valence-corrected chi connectivity index (χ2v) is 6.85. The number of nitriles is 1. The van der Waals surface area contributed by atoms with Gasteiger partial charge in [-0.15, -0.1) is 0 Å². The molecule has 0 saturated carbocycles. The van der Waals surface area contributed by atoms with Gasteiger partial charge in [0.1, 0.15) is 0 Å². The lowest BCUT2D eigenvalue weighted by Gasteiger charge is -2.22. The quantitative estimate of drug-likeness (QED) is 0.802. The molecule has 7 heteroatoms. The maximum atomic E-state index is 12.9. The van der Waals surface area contributed by atoms with Gasteiger partial charge in [-0.25, -0.2) is 0 Å². The highest BCUT2D eigenvalue weighted by Gasteiger charge is 2.30. The third kappa shape index (κ3) is 5.11. The lowest BCUT2D eigenvalue weighted by atomic mass is 10.1. The van der Waals surface area contributed by atoms with Crippen molar-refractivity contribution in [2.75, 3.05) is 19.6 Å². The molecule has 1 fully saturated rings. The molecule has 2 aromatic rings. The molecule has 1 saturated heterocycles. The Labute approximate surface area is 161 Å². The molecule has 0 spiro atoms. The minimum absolute atomic E-state index is 0.0642. The third-order valence-corrected chi connectivity index (χ3v) is 4.77. The van der Waals surface area contributed by atoms with Crippen molar-refractivity contribution in [3.8, 4) is 6.07 Å². The van der Waals surface area contributed by atoms with E-state index in [9.17, 15) is 18.0 Å². The molecule has 0 radical (unpaired) electrons. The Bertz CT molecular complexity index is 889. The monoisotopic (exact) mass is 387 g/mol. The highest BCUT2D eigenvalue weighted by atomic mass is 19.4. The van der Waals surface area contributed by atoms with Crippen molar-refractivity contribution in [3.63, 3.8) is 0 Å². The largest absolute Gasteiger partial charge is 0.416 e. The van der Waals surface area contributed by atoms with Gasteiger partial charge in [0, 0.05) is 39.1 Å². The van der Waals surface area contributed by atoms with Gasteiger partial charge in [-0.1, -0.05) is 24.3 Å². The van der Waals surface area contributed by atoms with Crippen LogP contribution in [-0.2, 0) is 24.1 Å². The second kappa shape index (κ2) is 8.44. The first-order chi connectivity index (χ1) is 13.3. The van der Waals surface area contributed by atoms with Gasteiger partial charge in [0.05, 0.1) is 17.2 Å². The van der Waals surface area contributed by atoms with Crippen molar-refractivity contribution < 1.29 is 18.0 Å². The van der Waals surface area contributed by atoms with E-state index in [0.717, 1.165) is 17.7 Å². The summed E-state index contributed by atoms with van der Waals surface area (Å²) in [6, 6.07) is 14.6. The Hall–Kier alpha value is -2.85. The van der Waals surface area contributed by atoms with Crippen molar-refractivity contribution in [1.82, 2.24) is 9.80 Å². The Balaban J connectivity index is 1.64. The maximum Gasteiger partial charge on any atom is 0.416 e. The zero-order valence-electron chi connectivity index (χ0n) is 15.2. The molecule has 1 aliphatic heterocycles. The van der Waals surface area contributed by atoms with E-state index in [1.807, 2.05) is 18.2 Å². The highest BCUT2D eigenvalue weighted by Crippen LogP contribution is 2.29. The molecule has 0 bridgehead atoms. The molecule has 0 aliphatic carbocycles. The first-order valence-corrected chi connectivity index (χ1v) is 9.00. The standard InChI is InChI=1S/C21H20F3N3O/c22-21(23,24)19-6-2-5-18(12-19)15-27-10-9-26(8-7-20(27)28)14-17-4-1-3-16(11-17)13-25/h1-6,11-12H,7-10,14-15H2. The predicted molar refractivity (Wildman–Crippen MR) is 97.9 cm³/mol. The molecule has 0 atom stereocenters. The smallest absolute Gasteiger partial charge is 0.337 e. The minimum atomic E-state index is -4.40. The number of nitrogens with zero attached hydrogens (tertiary/aromatic N) is 3. The number of hydrogen-bond acceptors (Lipinski definition) is 3. The van der Waals surface area contributed by atoms with Gasteiger partial charge in [-0.2, -0.15) is 18.4 Å². The van der Waals surface area contributed by atoms with Crippen molar-refractivity contribution in [2.45, 2.75) is 25.7 Å². The van der Waals surface area contributed by atoms with Crippen LogP contribution in [0.2, 0.25) is 0 Å². The van der Waals surface area contributed by atoms with Gasteiger partial charge in [0.2, 0.25) is 5.91 Å². The second-order valence-electron chi connectivity index (χ2n) is 6.85. The van der Waals surface area contributed by atoms with Crippen LogP contribution in [-0.4, -0.2) is 35.3 Å². The van der Waals surface area contributed by atoms with E-state index < -0.39 is 11.7 Å². The van der Waals surface area contributed by atoms with Gasteiger partial charge in [-0.05, 0) is 35.4 Å². The number of carbonyl (C=O) groups excluding carboxylic acids is 1. The summed E-state index contributed by atoms with van der Waals surface area (Å²) >= 11 is 0. The molecule has 4 nitrogen and oxygen atoms in total. The fourth-order valence-corrected chi connectivity index (χ4v) is 3.30. The van der Waals surface area contributed by atoms with Gasteiger partial charge in [0.15, 0.2) is 0 Å². The van der Waals surface area contributed by atoms with Crippen molar-refractivity contribution in [2.24, 2.45) is 0 Å². The van der Waals surface area contributed by atoms with Crippen molar-refractivity contribution in [1.29, 1.82) is 5.26 Å². The molecular formula is C21H20F3N3O. The summed E-state index contributed by atoms with van der Waals surface area (Å²) in [5.41, 5.74) is 1.36. The molecule has 28 heavy (non-hydrogen) atoms. The van der Waals surface area contributed by atoms with Gasteiger partial charge >= 0.3 is 6.18 Å². The van der Waals surface area contributed by atoms with E-state index in [-0.39, 0.29) is 12.5 Å². The van der Waals surface area contributed by atoms with E-state index in [0.29, 0.717) is 43.7 Å². The zero-order valence-corrected chi connectivity index (χ0v) is 15.2. The van der Waals surface area contributed by atoms with Gasteiger partial charge in [-0.3, -0.25) is 9.69 Å². The topological polar surface area (TPSA) is 47.3 Å². The average molecular weight is 387 g/mol. The first-order valence-electron chi connectivity index (χ1n) is 9.00. The SMILES string of the molecule is N#Cc1cccc(CN2CCC(=O)N(Cc3cccc(C(F)(F)F)c3)CC2)c1. The summed E-state index contributed by atoms with van der Waals surface area (Å²) in [5, 5.41) is 9.01. The van der Waals surface area contributed by atoms with Gasteiger partial charge in [0.25, 0.3) is 0 Å². The van der Waals surface area contributed by atoms with E-state index >= 15 is 0 Å². The Morgan fingerprint density at radius 3 is 2.39 bits per heavy atom. The summed E-state index contributed by atoms with van der Waals surface area (Å²) in [5.74, 6) is -0.0642. The number of alkyl halides is 3. The Kier molecular flexibility index (Phi) is 6.00. The lowest BCUT2D eigenvalue weighted by molar-refractivity contribution is -0.137. The van der Waals surface area contributed by atoms with Crippen LogP contribution >= 0.6 is 0 Å². The molecule has 1 heterocycles. The third-order valence-electron chi connectivity index (χ3n) is 4.77. The fourth-order valence-electron chi connectivity index (χ4n) is 3.30. The van der Waals surface area contributed by atoms with Crippen molar-refractivity contribution in [3.05, 3.63) is 70.8 Å². The number of benzene rings is 2. The molecule has 146 valence electrons. The fraction of sp³-hybridized carbons (Fsp3) is 0.333. The van der Waals surface area contributed by atoms with E-state index in [2.05, 4.69) is 11.0 Å². The van der Waals surface area contributed by atoms with E-state index in [1.54, 1.807) is 17.0 Å². The average Bonchev–Trinajstić information content (AvgIpc) is 2.84. The highest BCUT2D eigenvalue weighted by molar-refractivity contribution is 5.76. The maximum absolute atomic E-state index is 12.9. The van der Waals surface area contributed by atoms with Crippen LogP contribution in [0.3, 0.4) is 0 Å². The van der Waals surface area contributed by atoms with Crippen LogP contribution < -0.4 is 0 Å². The molecule has 3 rings (SSSR count). The van der Waals surface area contributed by atoms with Crippen LogP contribution in [0.4, 0.5) is 13.2 Å². The summed E-state index contributed by atoms with van der Waals surface area (Å²) in [4.78, 5) is 16.2. The zero-order chi connectivity index (χ0) is 20.1. The number of halogens is 3. The number of rotatable bonds is 4. The minimum Gasteiger partial charge on any atom is -0.337 e. The normalized spacial score (nSPS) is 15.9. The summed E-state index contributed by atoms with van der Waals surface area (Å²) in [6.45, 7) is 2.45. The van der Waals surface area contributed by atoms with Gasteiger partial charge < -0.3 is 4.90 Å². The number of carbonyl (C=O) groups is 1. The van der Waals surface area contributed by atoms with E-state index in [4.69, 9.17) is 5.26 Å². The molecule has 1 amide bonds. The predicted octanol–water partition coefficient (Wildman–Crippen LogP) is 3.81. The van der Waals surface area contributed by atoms with Crippen LogP contribution in [0.1, 0.15) is 28.7 Å². The molecule has 0 aromatic heterocycles. The van der Waals surface area contributed by atoms with E-state index in [1.165, 1.54) is 6.07 Å². The summed E-state index contributed by atoms with van der Waals surface area (Å²) < 4.78 is 38.7. The van der Waals surface area contributed by atoms with Crippen LogP contribution in [0.5, 0.6) is 0 Å². The Morgan fingerprint density at radius 1 is 0.964 bits per heavy atom. The van der Waals surface area contributed by atoms with Crippen LogP contribution in [0, 0.1) is 11.3 Å². The first kappa shape index (κ1) is 19.9. The molecule has 0 N–H and O–H groups in total. The van der Waals surface area contributed by atoms with Crippen molar-refractivity contribution >= 4 is 5.91 Å². The molecular weight excluding hydrogens is 367 g/mol. The van der Waals surface area contributed by atoms with Crippen LogP contribution in [0.25, 0.3) is 0 Å². The molecule has 0 unspecified atom stereocenters. The number of amides is 1. The summed E-state index contributed by atoms with van der Waals surface area (Å²) in [7, 11) is 0. The number of hydrogen-bond donors (Lipinski definition) is 0. The Morgan fingerprint density at radius 2 is 1.68 bits per heavy atom. The van der Waals surface area contributed by atoms with Crippen LogP contribution in [0.15, 0.2) is 48.5 Å². The lowest BCUT2D eigenvalue weighted by Crippen LogP contribution is -2.32.